The molecular weight excluding hydrogens is 405 g/mol. The number of hydrogen-bond donors (Lipinski definition) is 1. The van der Waals surface area contributed by atoms with E-state index in [1.165, 1.54) is 6.26 Å². The molecule has 1 N–H and O–H groups in total. The maximum atomic E-state index is 11.8. The topological polar surface area (TPSA) is 81.8 Å². The second-order valence-corrected chi connectivity index (χ2v) is 6.68. The summed E-state index contributed by atoms with van der Waals surface area (Å²) >= 11 is 12.0. The van der Waals surface area contributed by atoms with Gasteiger partial charge in [-0.25, -0.2) is 9.78 Å². The number of carbonyl (C=O) groups is 1. The molecule has 0 radical (unpaired) electrons. The molecule has 1 heterocycles. The third-order valence-corrected chi connectivity index (χ3v) is 4.31. The second kappa shape index (κ2) is 9.10. The number of benzene rings is 2. The first kappa shape index (κ1) is 20.2. The van der Waals surface area contributed by atoms with Gasteiger partial charge in [0.1, 0.15) is 17.7 Å². The summed E-state index contributed by atoms with van der Waals surface area (Å²) in [7, 11) is 0. The molecule has 8 heteroatoms. The molecule has 6 nitrogen and oxygen atoms in total. The zero-order valence-electron chi connectivity index (χ0n) is 14.9. The highest BCUT2D eigenvalue weighted by molar-refractivity contribution is 6.31. The first-order valence-electron chi connectivity index (χ1n) is 8.45. The Labute approximate surface area is 171 Å². The third-order valence-electron chi connectivity index (χ3n) is 3.82. The fourth-order valence-corrected chi connectivity index (χ4v) is 2.80. The van der Waals surface area contributed by atoms with Crippen molar-refractivity contribution in [3.8, 4) is 17.2 Å². The molecule has 0 fully saturated rings. The molecule has 146 valence electrons. The van der Waals surface area contributed by atoms with Crippen molar-refractivity contribution in [1.82, 2.24) is 4.98 Å². The molecule has 1 unspecified atom stereocenters. The summed E-state index contributed by atoms with van der Waals surface area (Å²) in [6, 6.07) is 11.2. The molecule has 0 aliphatic rings. The molecule has 0 bridgehead atoms. The lowest BCUT2D eigenvalue weighted by Gasteiger charge is -2.17. The largest absolute Gasteiger partial charge is 0.478 e. The summed E-state index contributed by atoms with van der Waals surface area (Å²) in [6.45, 7) is 2.74. The van der Waals surface area contributed by atoms with Gasteiger partial charge in [-0.2, -0.15) is 0 Å². The van der Waals surface area contributed by atoms with Gasteiger partial charge in [-0.15, -0.1) is 0 Å². The van der Waals surface area contributed by atoms with E-state index in [4.69, 9.17) is 37.1 Å². The monoisotopic (exact) mass is 421 g/mol. The minimum atomic E-state index is -1.24. The molecule has 0 aliphatic carbocycles. The zero-order valence-corrected chi connectivity index (χ0v) is 16.4. The van der Waals surface area contributed by atoms with Crippen molar-refractivity contribution in [3.63, 3.8) is 0 Å². The molecule has 1 aromatic heterocycles. The normalized spacial score (nSPS) is 12.0. The number of hydrogen-bond acceptors (Lipinski definition) is 5. The van der Waals surface area contributed by atoms with Crippen LogP contribution in [0.15, 0.2) is 53.1 Å². The lowest BCUT2D eigenvalue weighted by atomic mass is 10.1. The van der Waals surface area contributed by atoms with Gasteiger partial charge in [0.2, 0.25) is 12.0 Å². The molecular formula is C20H17Cl2NO5. The van der Waals surface area contributed by atoms with Crippen LogP contribution in [0.3, 0.4) is 0 Å². The quantitative estimate of drug-likeness (QED) is 0.524. The molecule has 0 amide bonds. The summed E-state index contributed by atoms with van der Waals surface area (Å²) in [5, 5.41) is 10.6. The van der Waals surface area contributed by atoms with Gasteiger partial charge in [-0.1, -0.05) is 35.3 Å². The lowest BCUT2D eigenvalue weighted by Crippen LogP contribution is -2.18. The Morgan fingerprint density at radius 1 is 1.18 bits per heavy atom. The van der Waals surface area contributed by atoms with E-state index in [1.807, 2.05) is 6.92 Å². The lowest BCUT2D eigenvalue weighted by molar-refractivity contribution is -0.145. The minimum Gasteiger partial charge on any atom is -0.478 e. The van der Waals surface area contributed by atoms with Gasteiger partial charge in [0.25, 0.3) is 0 Å². The number of carboxylic acid groups (broad SMARTS) is 1. The van der Waals surface area contributed by atoms with E-state index in [0.717, 1.165) is 0 Å². The number of nitrogens with zero attached hydrogens (tertiary/aromatic N) is 1. The number of oxazole rings is 1. The summed E-state index contributed by atoms with van der Waals surface area (Å²) in [5.41, 5.74) is 1.49. The molecule has 0 aliphatic heterocycles. The third kappa shape index (κ3) is 4.84. The van der Waals surface area contributed by atoms with Crippen molar-refractivity contribution in [2.75, 3.05) is 6.61 Å². The average Bonchev–Trinajstić information content (AvgIpc) is 3.15. The Bertz CT molecular complexity index is 955. The molecule has 28 heavy (non-hydrogen) atoms. The van der Waals surface area contributed by atoms with Crippen molar-refractivity contribution in [3.05, 3.63) is 70.0 Å². The number of rotatable bonds is 8. The fourth-order valence-electron chi connectivity index (χ4n) is 2.50. The van der Waals surface area contributed by atoms with Crippen molar-refractivity contribution >= 4 is 29.2 Å². The van der Waals surface area contributed by atoms with E-state index in [1.54, 1.807) is 42.5 Å². The van der Waals surface area contributed by atoms with Crippen LogP contribution < -0.4 is 4.74 Å². The summed E-state index contributed by atoms with van der Waals surface area (Å²) in [4.78, 5) is 16.1. The van der Waals surface area contributed by atoms with Gasteiger partial charge >= 0.3 is 5.97 Å². The summed E-state index contributed by atoms with van der Waals surface area (Å²) in [5.74, 6) is -0.614. The van der Waals surface area contributed by atoms with Gasteiger partial charge in [-0.3, -0.25) is 0 Å². The summed E-state index contributed by atoms with van der Waals surface area (Å²) in [6.07, 6.45) is 0.235. The van der Waals surface area contributed by atoms with Crippen molar-refractivity contribution in [2.45, 2.75) is 19.6 Å². The minimum absolute atomic E-state index is 0.257. The molecule has 3 rings (SSSR count). The van der Waals surface area contributed by atoms with Crippen LogP contribution in [0.5, 0.6) is 5.75 Å². The van der Waals surface area contributed by atoms with Crippen molar-refractivity contribution < 1.29 is 23.8 Å². The molecule has 2 aromatic carbocycles. The smallest absolute Gasteiger partial charge is 0.349 e. The van der Waals surface area contributed by atoms with Gasteiger partial charge in [0.15, 0.2) is 0 Å². The Balaban J connectivity index is 1.94. The van der Waals surface area contributed by atoms with Crippen LogP contribution in [0.1, 0.15) is 24.3 Å². The van der Waals surface area contributed by atoms with Crippen LogP contribution in [-0.4, -0.2) is 22.7 Å². The molecule has 3 aromatic rings. The highest BCUT2D eigenvalue weighted by Gasteiger charge is 2.24. The predicted octanol–water partition coefficient (Wildman–Crippen LogP) is 5.39. The second-order valence-electron chi connectivity index (χ2n) is 5.81. The van der Waals surface area contributed by atoms with E-state index >= 15 is 0 Å². The van der Waals surface area contributed by atoms with E-state index in [9.17, 15) is 9.90 Å². The Morgan fingerprint density at radius 2 is 1.89 bits per heavy atom. The van der Waals surface area contributed by atoms with Gasteiger partial charge < -0.3 is 19.0 Å². The molecule has 0 saturated carbocycles. The number of carboxylic acids is 1. The number of aliphatic carboxylic acids is 1. The zero-order chi connectivity index (χ0) is 20.1. The Kier molecular flexibility index (Phi) is 6.57. The van der Waals surface area contributed by atoms with Gasteiger partial charge in [0, 0.05) is 22.2 Å². The SMILES string of the molecule is CCOCc1coc(-c2cc(Cl)ccc2OC(C(=O)O)c2ccc(Cl)cc2)n1. The van der Waals surface area contributed by atoms with Crippen molar-refractivity contribution in [2.24, 2.45) is 0 Å². The van der Waals surface area contributed by atoms with E-state index in [0.29, 0.717) is 40.1 Å². The maximum absolute atomic E-state index is 11.8. The van der Waals surface area contributed by atoms with Crippen LogP contribution in [0.2, 0.25) is 10.0 Å². The van der Waals surface area contributed by atoms with Crippen LogP contribution >= 0.6 is 23.2 Å². The highest BCUT2D eigenvalue weighted by atomic mass is 35.5. The number of ether oxygens (including phenoxy) is 2. The van der Waals surface area contributed by atoms with Crippen molar-refractivity contribution in [1.29, 1.82) is 0 Å². The standard InChI is InChI=1S/C20H17Cl2NO5/c1-2-26-10-15-11-27-19(23-15)16-9-14(22)7-8-17(16)28-18(20(24)25)12-3-5-13(21)6-4-12/h3-9,11,18H,2,10H2,1H3,(H,24,25). The highest BCUT2D eigenvalue weighted by Crippen LogP contribution is 2.35. The maximum Gasteiger partial charge on any atom is 0.349 e. The van der Waals surface area contributed by atoms with Gasteiger partial charge in [0.05, 0.1) is 12.2 Å². The first-order valence-corrected chi connectivity index (χ1v) is 9.20. The van der Waals surface area contributed by atoms with Crippen LogP contribution in [0.4, 0.5) is 0 Å². The molecule has 1 atom stereocenters. The number of aromatic nitrogens is 1. The Hall–Kier alpha value is -2.54. The van der Waals surface area contributed by atoms with Crippen LogP contribution in [0.25, 0.3) is 11.5 Å². The van der Waals surface area contributed by atoms with E-state index in [2.05, 4.69) is 4.98 Å². The Morgan fingerprint density at radius 3 is 2.57 bits per heavy atom. The molecule has 0 spiro atoms. The van der Waals surface area contributed by atoms with Crippen LogP contribution in [-0.2, 0) is 16.1 Å². The fraction of sp³-hybridized carbons (Fsp3) is 0.200. The van der Waals surface area contributed by atoms with E-state index in [-0.39, 0.29) is 11.6 Å². The number of halogens is 2. The predicted molar refractivity (Wildman–Crippen MR) is 105 cm³/mol. The van der Waals surface area contributed by atoms with Gasteiger partial charge in [-0.05, 0) is 37.3 Å². The average molecular weight is 422 g/mol. The summed E-state index contributed by atoms with van der Waals surface area (Å²) < 4.78 is 16.6. The van der Waals surface area contributed by atoms with Crippen LogP contribution in [0, 0.1) is 0 Å². The first-order chi connectivity index (χ1) is 13.5. The molecule has 0 saturated heterocycles. The van der Waals surface area contributed by atoms with E-state index < -0.39 is 12.1 Å².